The van der Waals surface area contributed by atoms with Crippen LogP contribution in [0.5, 0.6) is 0 Å². The van der Waals surface area contributed by atoms with Gasteiger partial charge >= 0.3 is 0 Å². The largest absolute Gasteiger partial charge is 0.375 e. The summed E-state index contributed by atoms with van der Waals surface area (Å²) in [4.78, 5) is 11.9. The fourth-order valence-corrected chi connectivity index (χ4v) is 2.78. The molecule has 2 rings (SSSR count). The van der Waals surface area contributed by atoms with Gasteiger partial charge in [0, 0.05) is 18.9 Å². The zero-order valence-electron chi connectivity index (χ0n) is 9.76. The van der Waals surface area contributed by atoms with Crippen LogP contribution in [-0.4, -0.2) is 18.0 Å². The van der Waals surface area contributed by atoms with E-state index in [4.69, 9.17) is 4.74 Å². The second-order valence-corrected chi connectivity index (χ2v) is 5.14. The number of hydrogen-bond donors (Lipinski definition) is 0. The summed E-state index contributed by atoms with van der Waals surface area (Å²) in [5, 5.41) is 0. The molecule has 2 fully saturated rings. The number of carbonyl (C=O) groups is 1. The molecular formula is C13H22O2. The first-order chi connectivity index (χ1) is 7.26. The first-order valence-corrected chi connectivity index (χ1v) is 6.42. The molecule has 1 aliphatic heterocycles. The van der Waals surface area contributed by atoms with Gasteiger partial charge in [-0.25, -0.2) is 0 Å². The van der Waals surface area contributed by atoms with Crippen molar-refractivity contribution in [3.05, 3.63) is 0 Å². The molecule has 2 aliphatic rings. The third-order valence-corrected chi connectivity index (χ3v) is 3.99. The maximum atomic E-state index is 11.9. The van der Waals surface area contributed by atoms with Crippen molar-refractivity contribution in [2.75, 3.05) is 6.61 Å². The summed E-state index contributed by atoms with van der Waals surface area (Å²) in [6.45, 7) is 2.95. The van der Waals surface area contributed by atoms with E-state index in [-0.39, 0.29) is 5.60 Å². The lowest BCUT2D eigenvalue weighted by Crippen LogP contribution is -2.47. The minimum absolute atomic E-state index is 0.130. The highest BCUT2D eigenvalue weighted by Gasteiger charge is 2.43. The molecule has 0 radical (unpaired) electrons. The summed E-state index contributed by atoms with van der Waals surface area (Å²) >= 11 is 0. The second kappa shape index (κ2) is 4.65. The smallest absolute Gasteiger partial charge is 0.136 e. The van der Waals surface area contributed by atoms with E-state index in [1.807, 2.05) is 0 Å². The van der Waals surface area contributed by atoms with E-state index in [2.05, 4.69) is 6.92 Å². The van der Waals surface area contributed by atoms with E-state index in [9.17, 15) is 4.79 Å². The number of ketones is 1. The molecule has 0 amide bonds. The third kappa shape index (κ3) is 2.41. The van der Waals surface area contributed by atoms with Crippen LogP contribution in [0, 0.1) is 5.92 Å². The number of hydrogen-bond acceptors (Lipinski definition) is 2. The van der Waals surface area contributed by atoms with Gasteiger partial charge in [-0.3, -0.25) is 4.79 Å². The Morgan fingerprint density at radius 3 is 2.87 bits per heavy atom. The van der Waals surface area contributed by atoms with Crippen molar-refractivity contribution < 1.29 is 9.53 Å². The Labute approximate surface area is 92.4 Å². The summed E-state index contributed by atoms with van der Waals surface area (Å²) < 4.78 is 5.83. The van der Waals surface area contributed by atoms with Crippen LogP contribution >= 0.6 is 0 Å². The molecule has 15 heavy (non-hydrogen) atoms. The molecule has 0 aromatic rings. The quantitative estimate of drug-likeness (QED) is 0.712. The zero-order chi connectivity index (χ0) is 10.7. The van der Waals surface area contributed by atoms with E-state index in [1.54, 1.807) is 0 Å². The van der Waals surface area contributed by atoms with Gasteiger partial charge in [0.05, 0.1) is 5.60 Å². The highest BCUT2D eigenvalue weighted by molar-refractivity contribution is 5.81. The minimum Gasteiger partial charge on any atom is -0.375 e. The van der Waals surface area contributed by atoms with Crippen molar-refractivity contribution in [2.45, 2.75) is 63.9 Å². The summed E-state index contributed by atoms with van der Waals surface area (Å²) in [5.74, 6) is 0.803. The average molecular weight is 210 g/mol. The summed E-state index contributed by atoms with van der Waals surface area (Å²) in [6.07, 6.45) is 8.60. The number of rotatable bonds is 4. The van der Waals surface area contributed by atoms with Gasteiger partial charge in [0.1, 0.15) is 5.78 Å². The van der Waals surface area contributed by atoms with Crippen LogP contribution in [0.15, 0.2) is 0 Å². The van der Waals surface area contributed by atoms with Crippen LogP contribution in [0.25, 0.3) is 0 Å². The molecule has 0 aromatic carbocycles. The summed E-state index contributed by atoms with van der Waals surface area (Å²) in [5.41, 5.74) is 0.130. The summed E-state index contributed by atoms with van der Waals surface area (Å²) in [6, 6.07) is 0. The standard InChI is InChI=1S/C13H22O2/c1-2-3-5-12(14)11-6-9-15-13(10-11)7-4-8-13/h11H,2-10H2,1H3. The highest BCUT2D eigenvalue weighted by atomic mass is 16.5. The van der Waals surface area contributed by atoms with Crippen LogP contribution in [-0.2, 0) is 9.53 Å². The molecule has 1 unspecified atom stereocenters. The molecule has 86 valence electrons. The van der Waals surface area contributed by atoms with E-state index < -0.39 is 0 Å². The molecule has 1 aliphatic carbocycles. The first kappa shape index (κ1) is 11.1. The Kier molecular flexibility index (Phi) is 3.45. The molecule has 0 bridgehead atoms. The molecule has 0 N–H and O–H groups in total. The fourth-order valence-electron chi connectivity index (χ4n) is 2.78. The lowest BCUT2D eigenvalue weighted by Gasteiger charge is -2.46. The fraction of sp³-hybridized carbons (Fsp3) is 0.923. The van der Waals surface area contributed by atoms with E-state index in [0.29, 0.717) is 11.7 Å². The maximum Gasteiger partial charge on any atom is 0.136 e. The summed E-state index contributed by atoms with van der Waals surface area (Å²) in [7, 11) is 0. The number of Topliss-reactive ketones (excluding diaryl/α,β-unsaturated/α-hetero) is 1. The number of ether oxygens (including phenoxy) is 1. The van der Waals surface area contributed by atoms with Crippen molar-refractivity contribution in [1.82, 2.24) is 0 Å². The zero-order valence-corrected chi connectivity index (χ0v) is 9.76. The third-order valence-electron chi connectivity index (χ3n) is 3.99. The Morgan fingerprint density at radius 1 is 1.47 bits per heavy atom. The van der Waals surface area contributed by atoms with Crippen LogP contribution in [0.3, 0.4) is 0 Å². The molecule has 0 aromatic heterocycles. The van der Waals surface area contributed by atoms with Gasteiger partial charge in [0.15, 0.2) is 0 Å². The van der Waals surface area contributed by atoms with E-state index in [1.165, 1.54) is 19.3 Å². The normalized spacial score (nSPS) is 28.7. The Balaban J connectivity index is 1.84. The maximum absolute atomic E-state index is 11.9. The molecular weight excluding hydrogens is 188 g/mol. The topological polar surface area (TPSA) is 26.3 Å². The minimum atomic E-state index is 0.130. The van der Waals surface area contributed by atoms with Gasteiger partial charge in [0.25, 0.3) is 0 Å². The predicted molar refractivity (Wildman–Crippen MR) is 59.8 cm³/mol. The van der Waals surface area contributed by atoms with Crippen molar-refractivity contribution >= 4 is 5.78 Å². The van der Waals surface area contributed by atoms with Crippen LogP contribution in [0.4, 0.5) is 0 Å². The van der Waals surface area contributed by atoms with Crippen LogP contribution in [0.1, 0.15) is 58.3 Å². The predicted octanol–water partition coefficient (Wildman–Crippen LogP) is 3.10. The molecule has 2 heteroatoms. The van der Waals surface area contributed by atoms with Crippen molar-refractivity contribution in [2.24, 2.45) is 5.92 Å². The molecule has 1 spiro atoms. The Hall–Kier alpha value is -0.370. The average Bonchev–Trinajstić information content (AvgIpc) is 2.24. The Bertz CT molecular complexity index is 231. The lowest BCUT2D eigenvalue weighted by molar-refractivity contribution is -0.155. The van der Waals surface area contributed by atoms with Crippen molar-refractivity contribution in [3.63, 3.8) is 0 Å². The van der Waals surface area contributed by atoms with Crippen LogP contribution < -0.4 is 0 Å². The van der Waals surface area contributed by atoms with Gasteiger partial charge in [-0.2, -0.15) is 0 Å². The first-order valence-electron chi connectivity index (χ1n) is 6.42. The highest BCUT2D eigenvalue weighted by Crippen LogP contribution is 2.44. The lowest BCUT2D eigenvalue weighted by atomic mass is 9.71. The molecule has 1 saturated carbocycles. The van der Waals surface area contributed by atoms with Gasteiger partial charge in [-0.15, -0.1) is 0 Å². The monoisotopic (exact) mass is 210 g/mol. The van der Waals surface area contributed by atoms with Gasteiger partial charge in [-0.1, -0.05) is 13.3 Å². The molecule has 1 heterocycles. The molecule has 2 nitrogen and oxygen atoms in total. The molecule has 1 saturated heterocycles. The van der Waals surface area contributed by atoms with E-state index in [0.717, 1.165) is 38.7 Å². The van der Waals surface area contributed by atoms with Gasteiger partial charge in [0.2, 0.25) is 0 Å². The molecule has 1 atom stereocenters. The van der Waals surface area contributed by atoms with Gasteiger partial charge < -0.3 is 4.74 Å². The number of carbonyl (C=O) groups excluding carboxylic acids is 1. The SMILES string of the molecule is CCCCC(=O)C1CCOC2(CCC2)C1. The van der Waals surface area contributed by atoms with Crippen molar-refractivity contribution in [1.29, 1.82) is 0 Å². The van der Waals surface area contributed by atoms with Crippen LogP contribution in [0.2, 0.25) is 0 Å². The second-order valence-electron chi connectivity index (χ2n) is 5.14. The Morgan fingerprint density at radius 2 is 2.27 bits per heavy atom. The van der Waals surface area contributed by atoms with Gasteiger partial charge in [-0.05, 0) is 38.5 Å². The number of unbranched alkanes of at least 4 members (excludes halogenated alkanes) is 1. The van der Waals surface area contributed by atoms with E-state index >= 15 is 0 Å². The van der Waals surface area contributed by atoms with Crippen molar-refractivity contribution in [3.8, 4) is 0 Å².